The first kappa shape index (κ1) is 7.22. The van der Waals surface area contributed by atoms with E-state index in [0.29, 0.717) is 19.0 Å². The summed E-state index contributed by atoms with van der Waals surface area (Å²) in [6.45, 7) is 1.13. The molecule has 62 valence electrons. The van der Waals surface area contributed by atoms with Crippen LogP contribution in [0.1, 0.15) is 19.3 Å². The molecule has 2 aliphatic rings. The van der Waals surface area contributed by atoms with Crippen LogP contribution in [0.5, 0.6) is 0 Å². The number of ketones is 1. The maximum absolute atomic E-state index is 12.8. The van der Waals surface area contributed by atoms with E-state index in [9.17, 15) is 9.18 Å². The summed E-state index contributed by atoms with van der Waals surface area (Å²) in [6.07, 6.45) is 1.60. The summed E-state index contributed by atoms with van der Waals surface area (Å²) in [5.74, 6) is -0.207. The Morgan fingerprint density at radius 3 is 2.73 bits per heavy atom. The van der Waals surface area contributed by atoms with Gasteiger partial charge < -0.3 is 0 Å². The molecule has 1 atom stereocenters. The Morgan fingerprint density at radius 1 is 1.45 bits per heavy atom. The average Bonchev–Trinajstić information content (AvgIpc) is 2.77. The summed E-state index contributed by atoms with van der Waals surface area (Å²) in [7, 11) is 0. The first-order chi connectivity index (χ1) is 5.27. The van der Waals surface area contributed by atoms with Crippen LogP contribution in [0.3, 0.4) is 0 Å². The molecule has 0 N–H and O–H groups in total. The number of piperidine rings is 1. The van der Waals surface area contributed by atoms with Crippen LogP contribution >= 0.6 is 0 Å². The number of carbonyl (C=O) groups is 1. The lowest BCUT2D eigenvalue weighted by atomic mass is 10.1. The predicted molar refractivity (Wildman–Crippen MR) is 39.1 cm³/mol. The first-order valence-electron chi connectivity index (χ1n) is 4.18. The molecule has 0 amide bonds. The summed E-state index contributed by atoms with van der Waals surface area (Å²) in [4.78, 5) is 12.9. The Balaban J connectivity index is 1.91. The van der Waals surface area contributed by atoms with E-state index in [1.54, 1.807) is 0 Å². The summed E-state index contributed by atoms with van der Waals surface area (Å²) in [5.41, 5.74) is 0. The number of rotatable bonds is 1. The SMILES string of the molecule is O=C1CCN(C2CC2)C[C@@H]1F. The number of alkyl halides is 1. The third-order valence-corrected chi connectivity index (χ3v) is 2.45. The van der Waals surface area contributed by atoms with Crippen molar-refractivity contribution in [2.24, 2.45) is 0 Å². The molecule has 11 heavy (non-hydrogen) atoms. The molecule has 1 saturated carbocycles. The minimum absolute atomic E-state index is 0.207. The van der Waals surface area contributed by atoms with Crippen molar-refractivity contribution in [2.45, 2.75) is 31.5 Å². The molecule has 0 aromatic carbocycles. The van der Waals surface area contributed by atoms with Gasteiger partial charge in [0.05, 0.1) is 0 Å². The van der Waals surface area contributed by atoms with Crippen molar-refractivity contribution in [2.75, 3.05) is 13.1 Å². The molecule has 2 nitrogen and oxygen atoms in total. The molecule has 1 heterocycles. The van der Waals surface area contributed by atoms with E-state index in [0.717, 1.165) is 6.54 Å². The second-order valence-corrected chi connectivity index (χ2v) is 3.41. The molecule has 0 aromatic rings. The minimum Gasteiger partial charge on any atom is -0.297 e. The molecule has 2 rings (SSSR count). The molecule has 0 bridgehead atoms. The van der Waals surface area contributed by atoms with E-state index in [-0.39, 0.29) is 5.78 Å². The van der Waals surface area contributed by atoms with Crippen LogP contribution in [0.4, 0.5) is 4.39 Å². The van der Waals surface area contributed by atoms with Crippen molar-refractivity contribution in [3.05, 3.63) is 0 Å². The highest BCUT2D eigenvalue weighted by Gasteiger charge is 2.35. The number of hydrogen-bond acceptors (Lipinski definition) is 2. The molecule has 0 radical (unpaired) electrons. The average molecular weight is 157 g/mol. The minimum atomic E-state index is -1.20. The molecule has 1 aliphatic carbocycles. The summed E-state index contributed by atoms with van der Waals surface area (Å²) in [6, 6.07) is 0.598. The van der Waals surface area contributed by atoms with E-state index in [2.05, 4.69) is 4.90 Å². The zero-order valence-electron chi connectivity index (χ0n) is 6.42. The van der Waals surface area contributed by atoms with Crippen molar-refractivity contribution in [1.82, 2.24) is 4.90 Å². The third kappa shape index (κ3) is 1.43. The van der Waals surface area contributed by atoms with Crippen LogP contribution in [0.2, 0.25) is 0 Å². The van der Waals surface area contributed by atoms with Gasteiger partial charge in [0, 0.05) is 25.6 Å². The topological polar surface area (TPSA) is 20.3 Å². The summed E-state index contributed by atoms with van der Waals surface area (Å²) < 4.78 is 12.8. The van der Waals surface area contributed by atoms with Gasteiger partial charge >= 0.3 is 0 Å². The molecule has 2 fully saturated rings. The van der Waals surface area contributed by atoms with Gasteiger partial charge in [0.25, 0.3) is 0 Å². The van der Waals surface area contributed by atoms with Gasteiger partial charge in [-0.2, -0.15) is 0 Å². The quantitative estimate of drug-likeness (QED) is 0.560. The zero-order valence-corrected chi connectivity index (χ0v) is 6.42. The number of nitrogens with zero attached hydrogens (tertiary/aromatic N) is 1. The molecule has 3 heteroatoms. The Kier molecular flexibility index (Phi) is 1.68. The Bertz CT molecular complexity index is 179. The van der Waals surface area contributed by atoms with E-state index in [1.807, 2.05) is 0 Å². The van der Waals surface area contributed by atoms with Gasteiger partial charge in [-0.1, -0.05) is 0 Å². The summed E-state index contributed by atoms with van der Waals surface area (Å²) >= 11 is 0. The van der Waals surface area contributed by atoms with Crippen molar-refractivity contribution >= 4 is 5.78 Å². The van der Waals surface area contributed by atoms with Gasteiger partial charge in [0.15, 0.2) is 12.0 Å². The molecule has 0 spiro atoms. The van der Waals surface area contributed by atoms with E-state index in [4.69, 9.17) is 0 Å². The maximum atomic E-state index is 12.8. The fourth-order valence-corrected chi connectivity index (χ4v) is 1.58. The molecule has 0 unspecified atom stereocenters. The zero-order chi connectivity index (χ0) is 7.84. The molecular weight excluding hydrogens is 145 g/mol. The smallest absolute Gasteiger partial charge is 0.171 e. The normalized spacial score (nSPS) is 34.3. The monoisotopic (exact) mass is 157 g/mol. The van der Waals surface area contributed by atoms with E-state index < -0.39 is 6.17 Å². The largest absolute Gasteiger partial charge is 0.297 e. The van der Waals surface area contributed by atoms with Crippen LogP contribution in [-0.4, -0.2) is 36.0 Å². The van der Waals surface area contributed by atoms with Crippen LogP contribution in [0, 0.1) is 0 Å². The van der Waals surface area contributed by atoms with Gasteiger partial charge in [-0.25, -0.2) is 4.39 Å². The van der Waals surface area contributed by atoms with Crippen molar-refractivity contribution in [1.29, 1.82) is 0 Å². The lowest BCUT2D eigenvalue weighted by Gasteiger charge is -2.27. The first-order valence-corrected chi connectivity index (χ1v) is 4.18. The second kappa shape index (κ2) is 2.55. The fourth-order valence-electron chi connectivity index (χ4n) is 1.58. The lowest BCUT2D eigenvalue weighted by Crippen LogP contribution is -2.43. The standard InChI is InChI=1S/C8H12FNO/c9-7-5-10(6-1-2-6)4-3-8(7)11/h6-7H,1-5H2/t7-/m0/s1. The molecule has 1 saturated heterocycles. The number of likely N-dealkylation sites (tertiary alicyclic amines) is 1. The maximum Gasteiger partial charge on any atom is 0.171 e. The van der Waals surface area contributed by atoms with E-state index in [1.165, 1.54) is 12.8 Å². The Hall–Kier alpha value is -0.440. The van der Waals surface area contributed by atoms with Gasteiger partial charge in [-0.15, -0.1) is 0 Å². The molecular formula is C8H12FNO. The summed E-state index contributed by atoms with van der Waals surface area (Å²) in [5, 5.41) is 0. The highest BCUT2D eigenvalue weighted by molar-refractivity contribution is 5.84. The third-order valence-electron chi connectivity index (χ3n) is 2.45. The Labute approximate surface area is 65.4 Å². The van der Waals surface area contributed by atoms with Crippen LogP contribution in [0.25, 0.3) is 0 Å². The fraction of sp³-hybridized carbons (Fsp3) is 0.875. The number of Topliss-reactive ketones (excluding diaryl/α,β-unsaturated/α-hetero) is 1. The van der Waals surface area contributed by atoms with Crippen LogP contribution in [-0.2, 0) is 4.79 Å². The predicted octanol–water partition coefficient (Wildman–Crippen LogP) is 0.762. The highest BCUT2D eigenvalue weighted by atomic mass is 19.1. The van der Waals surface area contributed by atoms with Gasteiger partial charge in [0.2, 0.25) is 0 Å². The van der Waals surface area contributed by atoms with Crippen molar-refractivity contribution < 1.29 is 9.18 Å². The lowest BCUT2D eigenvalue weighted by molar-refractivity contribution is -0.127. The second-order valence-electron chi connectivity index (χ2n) is 3.41. The van der Waals surface area contributed by atoms with Crippen molar-refractivity contribution in [3.8, 4) is 0 Å². The molecule has 0 aromatic heterocycles. The number of carbonyl (C=O) groups excluding carboxylic acids is 1. The van der Waals surface area contributed by atoms with Gasteiger partial charge in [-0.05, 0) is 12.8 Å². The Morgan fingerprint density at radius 2 is 2.18 bits per heavy atom. The number of halogens is 1. The van der Waals surface area contributed by atoms with Gasteiger partial charge in [0.1, 0.15) is 0 Å². The van der Waals surface area contributed by atoms with Crippen LogP contribution < -0.4 is 0 Å². The van der Waals surface area contributed by atoms with E-state index >= 15 is 0 Å². The highest BCUT2D eigenvalue weighted by Crippen LogP contribution is 2.29. The van der Waals surface area contributed by atoms with Crippen LogP contribution in [0.15, 0.2) is 0 Å². The van der Waals surface area contributed by atoms with Gasteiger partial charge in [-0.3, -0.25) is 9.69 Å². The number of hydrogen-bond donors (Lipinski definition) is 0. The molecule has 1 aliphatic heterocycles. The van der Waals surface area contributed by atoms with Crippen molar-refractivity contribution in [3.63, 3.8) is 0 Å².